The molecule has 0 aliphatic heterocycles. The number of anilines is 1. The van der Waals surface area contributed by atoms with E-state index < -0.39 is 9.96 Å². The summed E-state index contributed by atoms with van der Waals surface area (Å²) >= 11 is 28.5. The molecule has 3 N–H and O–H groups in total. The summed E-state index contributed by atoms with van der Waals surface area (Å²) in [6.45, 7) is 1.88. The Morgan fingerprint density at radius 1 is 1.23 bits per heavy atom. The Hall–Kier alpha value is -0.460. The zero-order valence-corrected chi connectivity index (χ0v) is 15.5. The third kappa shape index (κ3) is 7.20. The highest BCUT2D eigenvalue weighted by molar-refractivity contribution is 7.80. The quantitative estimate of drug-likeness (QED) is 0.391. The van der Waals surface area contributed by atoms with Crippen molar-refractivity contribution < 1.29 is 4.79 Å². The minimum atomic E-state index is -1.75. The number of halogens is 4. The fraction of sp³-hybridized carbons (Fsp3) is 0.385. The van der Waals surface area contributed by atoms with Gasteiger partial charge in [-0.3, -0.25) is 4.79 Å². The van der Waals surface area contributed by atoms with Crippen LogP contribution in [0.1, 0.15) is 19.8 Å². The van der Waals surface area contributed by atoms with Crippen molar-refractivity contribution in [3.05, 3.63) is 29.3 Å². The molecule has 0 aliphatic rings. The maximum absolute atomic E-state index is 11.7. The first-order chi connectivity index (χ1) is 10.2. The van der Waals surface area contributed by atoms with Crippen LogP contribution in [0.2, 0.25) is 5.02 Å². The fourth-order valence-electron chi connectivity index (χ4n) is 1.49. The number of benzene rings is 1. The van der Waals surface area contributed by atoms with Crippen LogP contribution in [-0.2, 0) is 4.79 Å². The van der Waals surface area contributed by atoms with Crippen molar-refractivity contribution in [3.63, 3.8) is 0 Å². The summed E-state index contributed by atoms with van der Waals surface area (Å²) in [4.78, 5) is 11.7. The van der Waals surface area contributed by atoms with Crippen LogP contribution in [0.15, 0.2) is 24.3 Å². The molecule has 1 amide bonds. The van der Waals surface area contributed by atoms with E-state index in [9.17, 15) is 4.79 Å². The van der Waals surface area contributed by atoms with Gasteiger partial charge in [0, 0.05) is 17.1 Å². The van der Waals surface area contributed by atoms with Crippen LogP contribution in [-0.4, -0.2) is 21.0 Å². The number of hydrogen-bond donors (Lipinski definition) is 3. The van der Waals surface area contributed by atoms with Crippen LogP contribution in [0.5, 0.6) is 0 Å². The average molecular weight is 403 g/mol. The Morgan fingerprint density at radius 3 is 2.32 bits per heavy atom. The molecule has 0 aromatic heterocycles. The lowest BCUT2D eigenvalue weighted by Gasteiger charge is -2.27. The standard InChI is InChI=1S/C13H15Cl4N3OS/c1-2-3-10(21)19-11(13(15,16)17)20-12(22)18-9-6-4-8(14)5-7-9/h4-7,11H,2-3H2,1H3,(H,19,21)(H2,18,20,22). The van der Waals surface area contributed by atoms with E-state index in [4.69, 9.17) is 58.6 Å². The molecule has 1 aromatic carbocycles. The lowest BCUT2D eigenvalue weighted by Crippen LogP contribution is -2.56. The third-order valence-electron chi connectivity index (χ3n) is 2.49. The molecular formula is C13H15Cl4N3OS. The number of nitrogens with one attached hydrogen (secondary N) is 3. The minimum absolute atomic E-state index is 0.204. The average Bonchev–Trinajstić information content (AvgIpc) is 2.40. The van der Waals surface area contributed by atoms with Crippen LogP contribution >= 0.6 is 58.6 Å². The molecule has 0 aliphatic carbocycles. The highest BCUT2D eigenvalue weighted by Crippen LogP contribution is 2.29. The molecule has 22 heavy (non-hydrogen) atoms. The molecule has 1 atom stereocenters. The van der Waals surface area contributed by atoms with Gasteiger partial charge < -0.3 is 16.0 Å². The molecule has 1 aromatic rings. The molecule has 0 saturated heterocycles. The van der Waals surface area contributed by atoms with Crippen LogP contribution in [0.3, 0.4) is 0 Å². The van der Waals surface area contributed by atoms with E-state index in [0.717, 1.165) is 0 Å². The Bertz CT molecular complexity index is 519. The van der Waals surface area contributed by atoms with Gasteiger partial charge in [-0.15, -0.1) is 0 Å². The number of carbonyl (C=O) groups is 1. The van der Waals surface area contributed by atoms with E-state index in [1.165, 1.54) is 0 Å². The van der Waals surface area contributed by atoms with Crippen molar-refractivity contribution in [1.82, 2.24) is 10.6 Å². The lowest BCUT2D eigenvalue weighted by atomic mass is 10.3. The number of hydrogen-bond acceptors (Lipinski definition) is 2. The molecule has 122 valence electrons. The summed E-state index contributed by atoms with van der Waals surface area (Å²) in [7, 11) is 0. The summed E-state index contributed by atoms with van der Waals surface area (Å²) in [5.74, 6) is -0.236. The lowest BCUT2D eigenvalue weighted by molar-refractivity contribution is -0.121. The molecule has 0 spiro atoms. The van der Waals surface area contributed by atoms with Crippen molar-refractivity contribution in [2.24, 2.45) is 0 Å². The van der Waals surface area contributed by atoms with Gasteiger partial charge in [-0.2, -0.15) is 0 Å². The topological polar surface area (TPSA) is 53.2 Å². The van der Waals surface area contributed by atoms with Crippen molar-refractivity contribution in [2.45, 2.75) is 29.7 Å². The van der Waals surface area contributed by atoms with Crippen molar-refractivity contribution in [2.75, 3.05) is 5.32 Å². The Kier molecular flexibility index (Phi) is 8.00. The number of amides is 1. The Balaban J connectivity index is 2.66. The van der Waals surface area contributed by atoms with Gasteiger partial charge in [-0.25, -0.2) is 0 Å². The molecule has 0 saturated carbocycles. The second-order valence-corrected chi connectivity index (χ2v) is 7.61. The molecule has 0 heterocycles. The number of alkyl halides is 3. The van der Waals surface area contributed by atoms with Crippen LogP contribution in [0, 0.1) is 0 Å². The third-order valence-corrected chi connectivity index (χ3v) is 3.61. The van der Waals surface area contributed by atoms with Crippen molar-refractivity contribution in [3.8, 4) is 0 Å². The van der Waals surface area contributed by atoms with Gasteiger partial charge in [-0.05, 0) is 42.9 Å². The fourth-order valence-corrected chi connectivity index (χ4v) is 2.18. The zero-order valence-electron chi connectivity index (χ0n) is 11.6. The van der Waals surface area contributed by atoms with Gasteiger partial charge in [0.15, 0.2) is 5.11 Å². The van der Waals surface area contributed by atoms with Gasteiger partial charge in [0.25, 0.3) is 0 Å². The molecule has 4 nitrogen and oxygen atoms in total. The number of rotatable bonds is 5. The van der Waals surface area contributed by atoms with Gasteiger partial charge in [0.05, 0.1) is 0 Å². The molecule has 0 fully saturated rings. The summed E-state index contributed by atoms with van der Waals surface area (Å²) < 4.78 is -1.75. The SMILES string of the molecule is CCCC(=O)NC(NC(=S)Nc1ccc(Cl)cc1)C(Cl)(Cl)Cl. The molecule has 9 heteroatoms. The van der Waals surface area contributed by atoms with E-state index in [-0.39, 0.29) is 11.0 Å². The predicted molar refractivity (Wildman–Crippen MR) is 97.9 cm³/mol. The molecule has 1 unspecified atom stereocenters. The highest BCUT2D eigenvalue weighted by atomic mass is 35.6. The Labute approximate surface area is 154 Å². The first-order valence-corrected chi connectivity index (χ1v) is 8.33. The first-order valence-electron chi connectivity index (χ1n) is 6.41. The van der Waals surface area contributed by atoms with Gasteiger partial charge in [0.2, 0.25) is 9.70 Å². The number of carbonyl (C=O) groups excluding carboxylic acids is 1. The maximum atomic E-state index is 11.7. The van der Waals surface area contributed by atoms with Gasteiger partial charge in [0.1, 0.15) is 6.17 Å². The van der Waals surface area contributed by atoms with Crippen LogP contribution < -0.4 is 16.0 Å². The normalized spacial score (nSPS) is 12.4. The van der Waals surface area contributed by atoms with E-state index in [1.54, 1.807) is 24.3 Å². The van der Waals surface area contributed by atoms with E-state index in [0.29, 0.717) is 23.6 Å². The second kappa shape index (κ2) is 8.99. The molecule has 0 bridgehead atoms. The van der Waals surface area contributed by atoms with Crippen molar-refractivity contribution >= 4 is 75.3 Å². The summed E-state index contributed by atoms with van der Waals surface area (Å²) in [6, 6.07) is 6.91. The molecular weight excluding hydrogens is 388 g/mol. The maximum Gasteiger partial charge on any atom is 0.228 e. The highest BCUT2D eigenvalue weighted by Gasteiger charge is 2.34. The minimum Gasteiger partial charge on any atom is -0.339 e. The summed E-state index contributed by atoms with van der Waals surface area (Å²) in [6.07, 6.45) is 0.0613. The second-order valence-electron chi connectivity index (χ2n) is 4.40. The predicted octanol–water partition coefficient (Wildman–Crippen LogP) is 4.24. The van der Waals surface area contributed by atoms with Crippen molar-refractivity contribution in [1.29, 1.82) is 0 Å². The Morgan fingerprint density at radius 2 is 1.82 bits per heavy atom. The van der Waals surface area contributed by atoms with Crippen LogP contribution in [0.25, 0.3) is 0 Å². The largest absolute Gasteiger partial charge is 0.339 e. The molecule has 1 rings (SSSR count). The van der Waals surface area contributed by atoms with E-state index in [1.807, 2.05) is 6.92 Å². The summed E-state index contributed by atoms with van der Waals surface area (Å²) in [5.41, 5.74) is 0.713. The van der Waals surface area contributed by atoms with E-state index in [2.05, 4.69) is 16.0 Å². The van der Waals surface area contributed by atoms with E-state index >= 15 is 0 Å². The first kappa shape index (κ1) is 19.6. The van der Waals surface area contributed by atoms with Crippen LogP contribution in [0.4, 0.5) is 5.69 Å². The summed E-state index contributed by atoms with van der Waals surface area (Å²) in [5, 5.41) is 9.08. The molecule has 0 radical (unpaired) electrons. The van der Waals surface area contributed by atoms with Gasteiger partial charge >= 0.3 is 0 Å². The smallest absolute Gasteiger partial charge is 0.228 e. The van der Waals surface area contributed by atoms with Gasteiger partial charge in [-0.1, -0.05) is 53.3 Å². The monoisotopic (exact) mass is 401 g/mol. The zero-order chi connectivity index (χ0) is 16.8. The number of thiocarbonyl (C=S) groups is 1.